The largest absolute Gasteiger partial charge is 0.496 e. The molecular formula is C12H9BrClNO3. The molecule has 0 aliphatic carbocycles. The number of fused-ring (bicyclic) bond motifs is 1. The second-order valence-electron chi connectivity index (χ2n) is 3.45. The number of esters is 1. The Morgan fingerprint density at radius 2 is 2.11 bits per heavy atom. The smallest absolute Gasteiger partial charge is 0.340 e. The Balaban J connectivity index is 2.84. The van der Waals surface area contributed by atoms with Crippen LogP contribution in [0.25, 0.3) is 10.9 Å². The van der Waals surface area contributed by atoms with E-state index in [9.17, 15) is 4.79 Å². The first-order chi connectivity index (χ1) is 8.60. The van der Waals surface area contributed by atoms with Crippen LogP contribution in [-0.4, -0.2) is 25.2 Å². The van der Waals surface area contributed by atoms with Crippen LogP contribution in [0.3, 0.4) is 0 Å². The molecule has 4 nitrogen and oxygen atoms in total. The first-order valence-corrected chi connectivity index (χ1v) is 6.16. The molecule has 1 aromatic heterocycles. The molecule has 0 atom stereocenters. The van der Waals surface area contributed by atoms with Crippen molar-refractivity contribution in [2.24, 2.45) is 0 Å². The quantitative estimate of drug-likeness (QED) is 0.791. The van der Waals surface area contributed by atoms with E-state index in [0.29, 0.717) is 16.7 Å². The number of aromatic nitrogens is 1. The number of methoxy groups -OCH3 is 2. The van der Waals surface area contributed by atoms with E-state index >= 15 is 0 Å². The third kappa shape index (κ3) is 2.04. The molecule has 2 aromatic rings. The van der Waals surface area contributed by atoms with Crippen molar-refractivity contribution in [3.63, 3.8) is 0 Å². The van der Waals surface area contributed by atoms with Gasteiger partial charge < -0.3 is 9.47 Å². The average molecular weight is 331 g/mol. The fourth-order valence-electron chi connectivity index (χ4n) is 1.63. The standard InChI is InChI=1S/C12H9BrClNO3/c1-17-8-4-3-7(13)11-9(8)10(14)6(5-15-11)12(16)18-2/h3-5H,1-2H3. The number of carbonyl (C=O) groups excluding carboxylic acids is 1. The molecule has 1 aromatic carbocycles. The van der Waals surface area contributed by atoms with E-state index in [4.69, 9.17) is 16.3 Å². The number of carbonyl (C=O) groups is 1. The van der Waals surface area contributed by atoms with E-state index < -0.39 is 5.97 Å². The van der Waals surface area contributed by atoms with Crippen molar-refractivity contribution < 1.29 is 14.3 Å². The highest BCUT2D eigenvalue weighted by Crippen LogP contribution is 2.37. The summed E-state index contributed by atoms with van der Waals surface area (Å²) >= 11 is 9.61. The predicted octanol–water partition coefficient (Wildman–Crippen LogP) is 3.45. The van der Waals surface area contributed by atoms with Gasteiger partial charge in [0.15, 0.2) is 0 Å². The summed E-state index contributed by atoms with van der Waals surface area (Å²) in [6, 6.07) is 3.56. The Labute approximate surface area is 117 Å². The normalized spacial score (nSPS) is 10.4. The van der Waals surface area contributed by atoms with Gasteiger partial charge in [-0.15, -0.1) is 0 Å². The maximum atomic E-state index is 11.6. The average Bonchev–Trinajstić information content (AvgIpc) is 2.39. The topological polar surface area (TPSA) is 48.4 Å². The summed E-state index contributed by atoms with van der Waals surface area (Å²) in [7, 11) is 2.82. The van der Waals surface area contributed by atoms with Gasteiger partial charge in [-0.1, -0.05) is 11.6 Å². The third-order valence-corrected chi connectivity index (χ3v) is 3.53. The number of halogens is 2. The Kier molecular flexibility index (Phi) is 3.73. The number of nitrogens with zero attached hydrogens (tertiary/aromatic N) is 1. The van der Waals surface area contributed by atoms with Crippen molar-refractivity contribution in [3.8, 4) is 5.75 Å². The van der Waals surface area contributed by atoms with Gasteiger partial charge >= 0.3 is 5.97 Å². The lowest BCUT2D eigenvalue weighted by Gasteiger charge is -2.10. The lowest BCUT2D eigenvalue weighted by molar-refractivity contribution is 0.0600. The highest BCUT2D eigenvalue weighted by Gasteiger charge is 2.18. The molecular weight excluding hydrogens is 321 g/mol. The molecule has 0 saturated heterocycles. The second kappa shape index (κ2) is 5.12. The van der Waals surface area contributed by atoms with Gasteiger partial charge in [-0.3, -0.25) is 4.98 Å². The van der Waals surface area contributed by atoms with Crippen LogP contribution in [0.15, 0.2) is 22.8 Å². The van der Waals surface area contributed by atoms with Crippen LogP contribution in [0.4, 0.5) is 0 Å². The van der Waals surface area contributed by atoms with Crippen molar-refractivity contribution in [2.45, 2.75) is 0 Å². The van der Waals surface area contributed by atoms with Crippen LogP contribution in [-0.2, 0) is 4.74 Å². The number of benzene rings is 1. The van der Waals surface area contributed by atoms with Crippen LogP contribution >= 0.6 is 27.5 Å². The Hall–Kier alpha value is -1.33. The number of rotatable bonds is 2. The number of pyridine rings is 1. The second-order valence-corrected chi connectivity index (χ2v) is 4.68. The summed E-state index contributed by atoms with van der Waals surface area (Å²) in [5.41, 5.74) is 0.843. The fourth-order valence-corrected chi connectivity index (χ4v) is 2.37. The minimum Gasteiger partial charge on any atom is -0.496 e. The van der Waals surface area contributed by atoms with Crippen LogP contribution < -0.4 is 4.74 Å². The molecule has 0 N–H and O–H groups in total. The van der Waals surface area contributed by atoms with E-state index in [2.05, 4.69) is 25.7 Å². The van der Waals surface area contributed by atoms with Crippen molar-refractivity contribution in [1.29, 1.82) is 0 Å². The van der Waals surface area contributed by atoms with Gasteiger partial charge in [-0.25, -0.2) is 4.79 Å². The maximum Gasteiger partial charge on any atom is 0.340 e. The van der Waals surface area contributed by atoms with E-state index in [1.165, 1.54) is 20.4 Å². The zero-order chi connectivity index (χ0) is 13.3. The Morgan fingerprint density at radius 1 is 1.39 bits per heavy atom. The lowest BCUT2D eigenvalue weighted by Crippen LogP contribution is -2.04. The van der Waals surface area contributed by atoms with Crippen LogP contribution in [0, 0.1) is 0 Å². The van der Waals surface area contributed by atoms with Gasteiger partial charge in [0.2, 0.25) is 0 Å². The number of hydrogen-bond donors (Lipinski definition) is 0. The van der Waals surface area contributed by atoms with E-state index in [1.54, 1.807) is 6.07 Å². The summed E-state index contributed by atoms with van der Waals surface area (Å²) in [6.45, 7) is 0. The van der Waals surface area contributed by atoms with Crippen LogP contribution in [0.2, 0.25) is 5.02 Å². The molecule has 0 saturated carbocycles. The van der Waals surface area contributed by atoms with Crippen LogP contribution in [0.1, 0.15) is 10.4 Å². The van der Waals surface area contributed by atoms with Gasteiger partial charge in [-0.05, 0) is 28.1 Å². The van der Waals surface area contributed by atoms with E-state index in [0.717, 1.165) is 4.47 Å². The SMILES string of the molecule is COC(=O)c1cnc2c(Br)ccc(OC)c2c1Cl. The van der Waals surface area contributed by atoms with E-state index in [1.807, 2.05) is 6.07 Å². The molecule has 94 valence electrons. The predicted molar refractivity (Wildman–Crippen MR) is 72.3 cm³/mol. The van der Waals surface area contributed by atoms with Crippen LogP contribution in [0.5, 0.6) is 5.75 Å². The summed E-state index contributed by atoms with van der Waals surface area (Å²) in [4.78, 5) is 15.8. The highest BCUT2D eigenvalue weighted by atomic mass is 79.9. The molecule has 1 heterocycles. The van der Waals surface area contributed by atoms with E-state index in [-0.39, 0.29) is 10.6 Å². The molecule has 0 amide bonds. The molecule has 0 aliphatic heterocycles. The van der Waals surface area contributed by atoms with Crippen molar-refractivity contribution in [2.75, 3.05) is 14.2 Å². The first kappa shape index (κ1) is 13.1. The molecule has 0 bridgehead atoms. The highest BCUT2D eigenvalue weighted by molar-refractivity contribution is 9.10. The first-order valence-electron chi connectivity index (χ1n) is 4.99. The third-order valence-electron chi connectivity index (χ3n) is 2.49. The summed E-state index contributed by atoms with van der Waals surface area (Å²) < 4.78 is 10.7. The van der Waals surface area contributed by atoms with Gasteiger partial charge in [0.05, 0.1) is 35.7 Å². The molecule has 6 heteroatoms. The number of hydrogen-bond acceptors (Lipinski definition) is 4. The Morgan fingerprint density at radius 3 is 2.72 bits per heavy atom. The molecule has 2 rings (SSSR count). The van der Waals surface area contributed by atoms with Crippen molar-refractivity contribution in [3.05, 3.63) is 33.4 Å². The van der Waals surface area contributed by atoms with Gasteiger partial charge in [0.25, 0.3) is 0 Å². The Bertz CT molecular complexity index is 630. The molecule has 0 radical (unpaired) electrons. The van der Waals surface area contributed by atoms with Crippen molar-refractivity contribution >= 4 is 44.4 Å². The zero-order valence-corrected chi connectivity index (χ0v) is 12.0. The maximum absolute atomic E-state index is 11.6. The molecule has 0 fully saturated rings. The summed E-state index contributed by atoms with van der Waals surface area (Å²) in [6.07, 6.45) is 1.39. The molecule has 0 spiro atoms. The molecule has 0 unspecified atom stereocenters. The summed E-state index contributed by atoms with van der Waals surface area (Å²) in [5.74, 6) is 0.0212. The minimum atomic E-state index is -0.531. The van der Waals surface area contributed by atoms with Gasteiger partial charge in [-0.2, -0.15) is 0 Å². The molecule has 0 aliphatic rings. The monoisotopic (exact) mass is 329 g/mol. The van der Waals surface area contributed by atoms with Crippen molar-refractivity contribution in [1.82, 2.24) is 4.98 Å². The molecule has 18 heavy (non-hydrogen) atoms. The fraction of sp³-hybridized carbons (Fsp3) is 0.167. The van der Waals surface area contributed by atoms with Gasteiger partial charge in [0.1, 0.15) is 5.75 Å². The van der Waals surface area contributed by atoms with Gasteiger partial charge in [0, 0.05) is 10.7 Å². The summed E-state index contributed by atoms with van der Waals surface area (Å²) in [5, 5.41) is 0.849. The zero-order valence-electron chi connectivity index (χ0n) is 9.66. The lowest BCUT2D eigenvalue weighted by atomic mass is 10.1. The minimum absolute atomic E-state index is 0.211. The number of ether oxygens (including phenoxy) is 2.